The van der Waals surface area contributed by atoms with E-state index in [1.54, 1.807) is 7.11 Å². The molecule has 1 aliphatic rings. The van der Waals surface area contributed by atoms with Crippen molar-refractivity contribution < 1.29 is 18.7 Å². The van der Waals surface area contributed by atoms with Crippen LogP contribution in [0.5, 0.6) is 5.75 Å². The summed E-state index contributed by atoms with van der Waals surface area (Å²) in [5.74, 6) is -0.442. The molecule has 0 aromatic heterocycles. The largest absolute Gasteiger partial charge is 0.494 e. The van der Waals surface area contributed by atoms with E-state index in [-0.39, 0.29) is 24.1 Å². The van der Waals surface area contributed by atoms with E-state index in [1.807, 2.05) is 0 Å². The molecule has 1 amide bonds. The lowest BCUT2D eigenvalue weighted by molar-refractivity contribution is -0.130. The molecule has 1 aliphatic heterocycles. The summed E-state index contributed by atoms with van der Waals surface area (Å²) < 4.78 is 23.6. The Hall–Kier alpha value is -1.37. The number of hydrogen-bond acceptors (Lipinski definition) is 4. The molecular weight excluding hydrogens is 311 g/mol. The van der Waals surface area contributed by atoms with Gasteiger partial charge in [0.15, 0.2) is 11.6 Å². The molecule has 1 fully saturated rings. The van der Waals surface area contributed by atoms with Gasteiger partial charge in [0.05, 0.1) is 19.1 Å². The Balaban J connectivity index is 0.00000242. The number of carbonyl (C=O) groups is 1. The van der Waals surface area contributed by atoms with Crippen LogP contribution in [0, 0.1) is 11.2 Å². The van der Waals surface area contributed by atoms with Crippen LogP contribution in [-0.2, 0) is 9.53 Å². The molecule has 0 aliphatic carbocycles. The molecule has 1 aromatic rings. The Morgan fingerprint density at radius 1 is 1.36 bits per heavy atom. The highest BCUT2D eigenvalue weighted by Crippen LogP contribution is 2.31. The predicted molar refractivity (Wildman–Crippen MR) is 85.2 cm³/mol. The van der Waals surface area contributed by atoms with E-state index >= 15 is 0 Å². The van der Waals surface area contributed by atoms with E-state index in [0.29, 0.717) is 25.1 Å². The van der Waals surface area contributed by atoms with Gasteiger partial charge in [-0.2, -0.15) is 0 Å². The summed E-state index contributed by atoms with van der Waals surface area (Å²) in [6.07, 6.45) is 1.43. The van der Waals surface area contributed by atoms with Gasteiger partial charge in [0.2, 0.25) is 5.91 Å². The molecule has 2 N–H and O–H groups in total. The lowest BCUT2D eigenvalue weighted by atomic mass is 9.78. The number of carbonyl (C=O) groups excluding carboxylic acids is 1. The molecule has 1 heterocycles. The van der Waals surface area contributed by atoms with Crippen LogP contribution in [0.3, 0.4) is 0 Å². The summed E-state index contributed by atoms with van der Waals surface area (Å²) in [4.78, 5) is 12.6. The van der Waals surface area contributed by atoms with Crippen LogP contribution < -0.4 is 15.4 Å². The van der Waals surface area contributed by atoms with E-state index in [0.717, 1.165) is 13.1 Å². The van der Waals surface area contributed by atoms with Crippen molar-refractivity contribution in [3.8, 4) is 5.75 Å². The highest BCUT2D eigenvalue weighted by molar-refractivity contribution is 5.95. The number of rotatable bonds is 5. The first-order chi connectivity index (χ1) is 10.1. The minimum absolute atomic E-state index is 0. The SMILES string of the molecule is COCC1(C(=O)Nc2ccc(F)c(OC)c2)CCNCC1.Cl. The maximum absolute atomic E-state index is 13.4. The van der Waals surface area contributed by atoms with Crippen molar-refractivity contribution in [3.63, 3.8) is 0 Å². The van der Waals surface area contributed by atoms with Crippen molar-refractivity contribution in [2.75, 3.05) is 39.2 Å². The van der Waals surface area contributed by atoms with Gasteiger partial charge in [-0.15, -0.1) is 12.4 Å². The zero-order valence-corrected chi connectivity index (χ0v) is 13.6. The molecule has 5 nitrogen and oxygen atoms in total. The van der Waals surface area contributed by atoms with Crippen molar-refractivity contribution in [3.05, 3.63) is 24.0 Å². The zero-order chi connectivity index (χ0) is 15.3. The first-order valence-electron chi connectivity index (χ1n) is 6.96. The molecular formula is C15H22ClFN2O3. The number of benzene rings is 1. The van der Waals surface area contributed by atoms with Crippen LogP contribution in [0.1, 0.15) is 12.8 Å². The van der Waals surface area contributed by atoms with Gasteiger partial charge in [-0.3, -0.25) is 4.79 Å². The highest BCUT2D eigenvalue weighted by atomic mass is 35.5. The maximum atomic E-state index is 13.4. The fourth-order valence-corrected chi connectivity index (χ4v) is 2.62. The molecule has 22 heavy (non-hydrogen) atoms. The number of hydrogen-bond donors (Lipinski definition) is 2. The molecule has 0 spiro atoms. The molecule has 1 aromatic carbocycles. The van der Waals surface area contributed by atoms with Gasteiger partial charge in [-0.05, 0) is 38.1 Å². The van der Waals surface area contributed by atoms with Gasteiger partial charge in [0.1, 0.15) is 0 Å². The summed E-state index contributed by atoms with van der Waals surface area (Å²) in [6, 6.07) is 4.28. The summed E-state index contributed by atoms with van der Waals surface area (Å²) in [5.41, 5.74) is -0.0194. The fourth-order valence-electron chi connectivity index (χ4n) is 2.62. The van der Waals surface area contributed by atoms with Crippen LogP contribution in [0.15, 0.2) is 18.2 Å². The third-order valence-corrected chi connectivity index (χ3v) is 3.87. The van der Waals surface area contributed by atoms with Crippen LogP contribution in [-0.4, -0.2) is 39.8 Å². The van der Waals surface area contributed by atoms with E-state index in [2.05, 4.69) is 10.6 Å². The number of anilines is 1. The summed E-state index contributed by atoms with van der Waals surface area (Å²) in [7, 11) is 2.99. The molecule has 1 saturated heterocycles. The third kappa shape index (κ3) is 4.09. The molecule has 0 atom stereocenters. The molecule has 7 heteroatoms. The minimum atomic E-state index is -0.540. The topological polar surface area (TPSA) is 59.6 Å². The van der Waals surface area contributed by atoms with Crippen LogP contribution in [0.25, 0.3) is 0 Å². The average molecular weight is 333 g/mol. The fraction of sp³-hybridized carbons (Fsp3) is 0.533. The molecule has 0 saturated carbocycles. The van der Waals surface area contributed by atoms with E-state index in [4.69, 9.17) is 9.47 Å². The lowest BCUT2D eigenvalue weighted by Gasteiger charge is -2.35. The van der Waals surface area contributed by atoms with Gasteiger partial charge < -0.3 is 20.1 Å². The van der Waals surface area contributed by atoms with Gasteiger partial charge in [-0.1, -0.05) is 0 Å². The predicted octanol–water partition coefficient (Wildman–Crippen LogP) is 2.21. The number of halogens is 2. The van der Waals surface area contributed by atoms with Crippen LogP contribution in [0.4, 0.5) is 10.1 Å². The van der Waals surface area contributed by atoms with Crippen molar-refractivity contribution >= 4 is 24.0 Å². The minimum Gasteiger partial charge on any atom is -0.494 e. The van der Waals surface area contributed by atoms with Crippen LogP contribution >= 0.6 is 12.4 Å². The highest BCUT2D eigenvalue weighted by Gasteiger charge is 2.39. The zero-order valence-electron chi connectivity index (χ0n) is 12.8. The maximum Gasteiger partial charge on any atom is 0.233 e. The second-order valence-electron chi connectivity index (χ2n) is 5.27. The number of nitrogens with one attached hydrogen (secondary N) is 2. The van der Waals surface area contributed by atoms with E-state index in [1.165, 1.54) is 25.3 Å². The van der Waals surface area contributed by atoms with Gasteiger partial charge in [0, 0.05) is 18.9 Å². The average Bonchev–Trinajstić information content (AvgIpc) is 2.50. The normalized spacial score (nSPS) is 16.5. The van der Waals surface area contributed by atoms with Crippen LogP contribution in [0.2, 0.25) is 0 Å². The van der Waals surface area contributed by atoms with Crippen molar-refractivity contribution in [2.24, 2.45) is 5.41 Å². The van der Waals surface area contributed by atoms with E-state index < -0.39 is 11.2 Å². The van der Waals surface area contributed by atoms with Gasteiger partial charge in [0.25, 0.3) is 0 Å². The molecule has 2 rings (SSSR count). The Morgan fingerprint density at radius 3 is 2.64 bits per heavy atom. The monoisotopic (exact) mass is 332 g/mol. The standard InChI is InChI=1S/C15H21FN2O3.ClH/c1-20-10-15(5-7-17-8-6-15)14(19)18-11-3-4-12(16)13(9-11)21-2;/h3-4,9,17H,5-8,10H2,1-2H3,(H,18,19);1H. The Morgan fingerprint density at radius 2 is 2.05 bits per heavy atom. The first-order valence-corrected chi connectivity index (χ1v) is 6.96. The molecule has 0 unspecified atom stereocenters. The lowest BCUT2D eigenvalue weighted by Crippen LogP contribution is -2.47. The quantitative estimate of drug-likeness (QED) is 0.868. The second kappa shape index (κ2) is 8.31. The second-order valence-corrected chi connectivity index (χ2v) is 5.27. The number of piperidine rings is 1. The third-order valence-electron chi connectivity index (χ3n) is 3.87. The Bertz CT molecular complexity index is 502. The number of methoxy groups -OCH3 is 2. The summed E-state index contributed by atoms with van der Waals surface area (Å²) in [5, 5.41) is 6.08. The molecule has 0 radical (unpaired) electrons. The number of amides is 1. The smallest absolute Gasteiger partial charge is 0.233 e. The Kier molecular flexibility index (Phi) is 7.06. The Labute approximate surface area is 136 Å². The first kappa shape index (κ1) is 18.7. The van der Waals surface area contributed by atoms with Crippen molar-refractivity contribution in [2.45, 2.75) is 12.8 Å². The van der Waals surface area contributed by atoms with Gasteiger partial charge >= 0.3 is 0 Å². The molecule has 0 bridgehead atoms. The van der Waals surface area contributed by atoms with Gasteiger partial charge in [-0.25, -0.2) is 4.39 Å². The number of ether oxygens (including phenoxy) is 2. The van der Waals surface area contributed by atoms with E-state index in [9.17, 15) is 9.18 Å². The molecule has 124 valence electrons. The summed E-state index contributed by atoms with van der Waals surface area (Å²) >= 11 is 0. The van der Waals surface area contributed by atoms with Crippen molar-refractivity contribution in [1.29, 1.82) is 0 Å². The van der Waals surface area contributed by atoms with Crippen molar-refractivity contribution in [1.82, 2.24) is 5.32 Å². The summed E-state index contributed by atoms with van der Waals surface area (Å²) in [6.45, 7) is 1.94.